The summed E-state index contributed by atoms with van der Waals surface area (Å²) in [5.41, 5.74) is 5.90. The van der Waals surface area contributed by atoms with Crippen LogP contribution in [0.3, 0.4) is 0 Å². The van der Waals surface area contributed by atoms with Crippen LogP contribution in [0.15, 0.2) is 16.8 Å². The summed E-state index contributed by atoms with van der Waals surface area (Å²) in [6, 6.07) is 1.77. The van der Waals surface area contributed by atoms with E-state index in [0.717, 1.165) is 0 Å². The van der Waals surface area contributed by atoms with Gasteiger partial charge in [-0.15, -0.1) is 0 Å². The normalized spacial score (nSPS) is 10.4. The summed E-state index contributed by atoms with van der Waals surface area (Å²) in [6.07, 6.45) is 1.79. The number of aromatic nitrogens is 4. The first-order chi connectivity index (χ1) is 5.75. The van der Waals surface area contributed by atoms with E-state index in [0.29, 0.717) is 11.6 Å². The third-order valence-electron chi connectivity index (χ3n) is 1.37. The van der Waals surface area contributed by atoms with Crippen molar-refractivity contribution in [2.45, 2.75) is 0 Å². The summed E-state index contributed by atoms with van der Waals surface area (Å²) in [4.78, 5) is 3.82. The van der Waals surface area contributed by atoms with E-state index >= 15 is 0 Å². The number of nitrogens with zero attached hydrogens (tertiary/aromatic N) is 4. The number of nitrogens with two attached hydrogens (primary N) is 1. The van der Waals surface area contributed by atoms with Gasteiger partial charge in [-0.05, 0) is 11.2 Å². The first kappa shape index (κ1) is 6.84. The van der Waals surface area contributed by atoms with Crippen molar-refractivity contribution in [2.75, 3.05) is 5.73 Å². The smallest absolute Gasteiger partial charge is 0.279 e. The summed E-state index contributed by atoms with van der Waals surface area (Å²) in [5, 5.41) is 7.50. The van der Waals surface area contributed by atoms with E-state index in [-0.39, 0.29) is 5.95 Å². The predicted octanol–water partition coefficient (Wildman–Crippen LogP) is 0.0523. The van der Waals surface area contributed by atoms with E-state index in [2.05, 4.69) is 15.2 Å². The van der Waals surface area contributed by atoms with Crippen LogP contribution >= 0.6 is 0 Å². The Hall–Kier alpha value is -1.85. The van der Waals surface area contributed by atoms with Crippen molar-refractivity contribution < 1.29 is 4.52 Å². The molecule has 0 radical (unpaired) electrons. The summed E-state index contributed by atoms with van der Waals surface area (Å²) in [5.74, 6) is 0.462. The molecule has 6 nitrogen and oxygen atoms in total. The highest BCUT2D eigenvalue weighted by Crippen LogP contribution is 2.13. The minimum absolute atomic E-state index is 0.121. The van der Waals surface area contributed by atoms with Gasteiger partial charge in [0, 0.05) is 13.2 Å². The van der Waals surface area contributed by atoms with E-state index in [9.17, 15) is 0 Å². The zero-order valence-corrected chi connectivity index (χ0v) is 6.43. The van der Waals surface area contributed by atoms with Crippen molar-refractivity contribution in [1.82, 2.24) is 19.9 Å². The fourth-order valence-corrected chi connectivity index (χ4v) is 0.868. The lowest BCUT2D eigenvalue weighted by Crippen LogP contribution is -1.88. The molecule has 0 atom stereocenters. The molecule has 2 rings (SSSR count). The fraction of sp³-hybridized carbons (Fsp3) is 0.167. The Morgan fingerprint density at radius 2 is 2.42 bits per heavy atom. The average Bonchev–Trinajstić information content (AvgIpc) is 2.58. The van der Waals surface area contributed by atoms with Crippen LogP contribution in [-0.2, 0) is 7.05 Å². The molecule has 0 fully saturated rings. The van der Waals surface area contributed by atoms with Gasteiger partial charge in [0.05, 0.1) is 0 Å². The molecule has 6 heteroatoms. The van der Waals surface area contributed by atoms with Crippen LogP contribution in [0.1, 0.15) is 0 Å². The monoisotopic (exact) mass is 165 g/mol. The van der Waals surface area contributed by atoms with Gasteiger partial charge in [0.2, 0.25) is 0 Å². The Labute approximate surface area is 68.0 Å². The quantitative estimate of drug-likeness (QED) is 0.645. The van der Waals surface area contributed by atoms with Gasteiger partial charge in [0.25, 0.3) is 11.8 Å². The second-order valence-electron chi connectivity index (χ2n) is 2.33. The number of hydrogen-bond acceptors (Lipinski definition) is 5. The minimum atomic E-state index is 0.121. The zero-order chi connectivity index (χ0) is 8.55. The summed E-state index contributed by atoms with van der Waals surface area (Å²) in [6.45, 7) is 0. The van der Waals surface area contributed by atoms with Crippen LogP contribution in [-0.4, -0.2) is 19.9 Å². The Morgan fingerprint density at radius 1 is 1.58 bits per heavy atom. The van der Waals surface area contributed by atoms with Crippen molar-refractivity contribution in [3.63, 3.8) is 0 Å². The molecular weight excluding hydrogens is 158 g/mol. The zero-order valence-electron chi connectivity index (χ0n) is 6.43. The standard InChI is InChI=1S/C6H7N5O/c1-11-3-2-4(9-11)5-8-6(7)10-12-5/h2-3H,1H3,(H2,7,10). The van der Waals surface area contributed by atoms with Crippen molar-refractivity contribution in [1.29, 1.82) is 0 Å². The largest absolute Gasteiger partial charge is 0.365 e. The topological polar surface area (TPSA) is 82.8 Å². The third kappa shape index (κ3) is 1.03. The van der Waals surface area contributed by atoms with Gasteiger partial charge in [0.1, 0.15) is 0 Å². The van der Waals surface area contributed by atoms with Crippen molar-refractivity contribution in [3.8, 4) is 11.6 Å². The molecule has 0 spiro atoms. The Balaban J connectivity index is 2.43. The molecular formula is C6H7N5O. The first-order valence-electron chi connectivity index (χ1n) is 3.35. The van der Waals surface area contributed by atoms with E-state index in [1.54, 1.807) is 16.9 Å². The molecule has 0 aliphatic carbocycles. The number of hydrogen-bond donors (Lipinski definition) is 1. The van der Waals surface area contributed by atoms with Crippen molar-refractivity contribution >= 4 is 5.95 Å². The lowest BCUT2D eigenvalue weighted by atomic mass is 10.4. The predicted molar refractivity (Wildman–Crippen MR) is 40.9 cm³/mol. The number of rotatable bonds is 1. The highest BCUT2D eigenvalue weighted by Gasteiger charge is 2.08. The highest BCUT2D eigenvalue weighted by atomic mass is 16.5. The average molecular weight is 165 g/mol. The maximum absolute atomic E-state index is 5.27. The third-order valence-corrected chi connectivity index (χ3v) is 1.37. The van der Waals surface area contributed by atoms with Gasteiger partial charge < -0.3 is 10.3 Å². The van der Waals surface area contributed by atoms with Crippen molar-refractivity contribution in [2.24, 2.45) is 7.05 Å². The van der Waals surface area contributed by atoms with E-state index in [1.165, 1.54) is 0 Å². The molecule has 0 saturated heterocycles. The first-order valence-corrected chi connectivity index (χ1v) is 3.35. The van der Waals surface area contributed by atoms with Gasteiger partial charge in [-0.25, -0.2) is 0 Å². The molecule has 12 heavy (non-hydrogen) atoms. The van der Waals surface area contributed by atoms with Crippen LogP contribution in [0, 0.1) is 0 Å². The molecule has 62 valence electrons. The molecule has 0 bridgehead atoms. The van der Waals surface area contributed by atoms with Crippen LogP contribution < -0.4 is 5.73 Å². The molecule has 2 heterocycles. The van der Waals surface area contributed by atoms with Crippen molar-refractivity contribution in [3.05, 3.63) is 12.3 Å². The van der Waals surface area contributed by atoms with Gasteiger partial charge >= 0.3 is 0 Å². The van der Waals surface area contributed by atoms with Gasteiger partial charge in [-0.1, -0.05) is 0 Å². The van der Waals surface area contributed by atoms with Crippen LogP contribution in [0.5, 0.6) is 0 Å². The number of nitrogen functional groups attached to an aromatic ring is 1. The number of aryl methyl sites for hydroxylation is 1. The van der Waals surface area contributed by atoms with Crippen LogP contribution in [0.4, 0.5) is 5.95 Å². The molecule has 0 aromatic carbocycles. The summed E-state index contributed by atoms with van der Waals surface area (Å²) >= 11 is 0. The molecule has 2 N–H and O–H groups in total. The summed E-state index contributed by atoms with van der Waals surface area (Å²) < 4.78 is 6.45. The van der Waals surface area contributed by atoms with Gasteiger partial charge in [-0.2, -0.15) is 10.1 Å². The molecule has 2 aromatic rings. The molecule has 0 aliphatic rings. The van der Waals surface area contributed by atoms with E-state index < -0.39 is 0 Å². The maximum atomic E-state index is 5.27. The summed E-state index contributed by atoms with van der Waals surface area (Å²) in [7, 11) is 1.81. The highest BCUT2D eigenvalue weighted by molar-refractivity contribution is 5.46. The Kier molecular flexibility index (Phi) is 1.33. The molecule has 0 aliphatic heterocycles. The van der Waals surface area contributed by atoms with Crippen LogP contribution in [0.25, 0.3) is 11.6 Å². The van der Waals surface area contributed by atoms with Gasteiger partial charge in [-0.3, -0.25) is 4.68 Å². The maximum Gasteiger partial charge on any atom is 0.279 e. The number of anilines is 1. The molecule has 0 unspecified atom stereocenters. The fourth-order valence-electron chi connectivity index (χ4n) is 0.868. The SMILES string of the molecule is Cn1ccc(-c2nc(N)no2)n1. The molecule has 2 aromatic heterocycles. The van der Waals surface area contributed by atoms with Gasteiger partial charge in [0.15, 0.2) is 5.69 Å². The molecule has 0 amide bonds. The second kappa shape index (κ2) is 2.33. The Morgan fingerprint density at radius 3 is 2.92 bits per heavy atom. The lowest BCUT2D eigenvalue weighted by Gasteiger charge is -1.84. The second-order valence-corrected chi connectivity index (χ2v) is 2.33. The van der Waals surface area contributed by atoms with Crippen LogP contribution in [0.2, 0.25) is 0 Å². The Bertz CT molecular complexity index is 352. The van der Waals surface area contributed by atoms with E-state index in [4.69, 9.17) is 10.3 Å². The minimum Gasteiger partial charge on any atom is -0.365 e. The molecule has 0 saturated carbocycles. The lowest BCUT2D eigenvalue weighted by molar-refractivity contribution is 0.431. The van der Waals surface area contributed by atoms with E-state index in [1.807, 2.05) is 7.05 Å².